The molecule has 2 rings (SSSR count). The Kier molecular flexibility index (Phi) is 12.9. The van der Waals surface area contributed by atoms with Crippen molar-refractivity contribution in [2.24, 2.45) is 16.6 Å². The number of nitrogens with zero attached hydrogens (tertiary/aromatic N) is 2. The molecule has 1 amide bonds. The minimum absolute atomic E-state index is 0. The average Bonchev–Trinajstić information content (AvgIpc) is 2.70. The molecule has 1 aromatic carbocycles. The van der Waals surface area contributed by atoms with Crippen LogP contribution in [0.25, 0.3) is 0 Å². The molecule has 1 fully saturated rings. The Hall–Kier alpha value is -1.35. The van der Waals surface area contributed by atoms with Crippen LogP contribution >= 0.6 is 24.0 Å². The highest BCUT2D eigenvalue weighted by Gasteiger charge is 2.23. The fourth-order valence-corrected chi connectivity index (χ4v) is 3.69. The number of hydrogen-bond acceptors (Lipinski definition) is 3. The number of carbonyl (C=O) groups is 1. The number of halogens is 1. The van der Waals surface area contributed by atoms with Gasteiger partial charge in [-0.15, -0.1) is 24.0 Å². The lowest BCUT2D eigenvalue weighted by molar-refractivity contribution is -0.123. The van der Waals surface area contributed by atoms with Crippen molar-refractivity contribution in [1.29, 1.82) is 0 Å². The molecule has 1 atom stereocenters. The number of nitrogens with one attached hydrogen (secondary N) is 2. The molecule has 0 spiro atoms. The Balaban J connectivity index is 0.00000420. The first-order chi connectivity index (χ1) is 13.6. The van der Waals surface area contributed by atoms with Crippen molar-refractivity contribution in [3.05, 3.63) is 35.4 Å². The van der Waals surface area contributed by atoms with Crippen LogP contribution in [-0.4, -0.2) is 43.4 Å². The zero-order chi connectivity index (χ0) is 20.2. The number of hydrogen-bond donors (Lipinski definition) is 3. The van der Waals surface area contributed by atoms with E-state index in [0.717, 1.165) is 51.5 Å². The molecule has 0 radical (unpaired) electrons. The van der Waals surface area contributed by atoms with Crippen molar-refractivity contribution in [2.45, 2.75) is 58.5 Å². The third-order valence-corrected chi connectivity index (χ3v) is 5.31. The van der Waals surface area contributed by atoms with Gasteiger partial charge in [0.05, 0.1) is 5.92 Å². The molecular formula is C22H38IN5O. The molecule has 1 heterocycles. The van der Waals surface area contributed by atoms with Crippen LogP contribution in [0.3, 0.4) is 0 Å². The Labute approximate surface area is 193 Å². The fraction of sp³-hybridized carbons (Fsp3) is 0.636. The zero-order valence-electron chi connectivity index (χ0n) is 18.0. The summed E-state index contributed by atoms with van der Waals surface area (Å²) in [6.45, 7) is 6.58. The molecule has 4 N–H and O–H groups in total. The van der Waals surface area contributed by atoms with Crippen molar-refractivity contribution in [3.63, 3.8) is 0 Å². The second kappa shape index (κ2) is 14.6. The second-order valence-corrected chi connectivity index (χ2v) is 7.71. The molecule has 1 aliphatic rings. The third kappa shape index (κ3) is 9.80. The van der Waals surface area contributed by atoms with Crippen molar-refractivity contribution in [1.82, 2.24) is 15.5 Å². The van der Waals surface area contributed by atoms with Crippen LogP contribution in [0, 0.1) is 5.92 Å². The van der Waals surface area contributed by atoms with E-state index in [-0.39, 0.29) is 35.8 Å². The summed E-state index contributed by atoms with van der Waals surface area (Å²) in [5, 5.41) is 6.77. The Morgan fingerprint density at radius 2 is 2.03 bits per heavy atom. The number of primary amides is 1. The SMILES string of the molecule is CCCCCCNC(=NC)NCc1cccc(CN2CCCC(C(N)=O)C2)c1.I. The van der Waals surface area contributed by atoms with Gasteiger partial charge in [0.2, 0.25) is 5.91 Å². The van der Waals surface area contributed by atoms with E-state index in [0.29, 0.717) is 0 Å². The minimum Gasteiger partial charge on any atom is -0.369 e. The van der Waals surface area contributed by atoms with Gasteiger partial charge in [0, 0.05) is 33.2 Å². The highest BCUT2D eigenvalue weighted by molar-refractivity contribution is 14.0. The molecule has 0 saturated carbocycles. The van der Waals surface area contributed by atoms with Crippen LogP contribution < -0.4 is 16.4 Å². The summed E-state index contributed by atoms with van der Waals surface area (Å²) < 4.78 is 0. The standard InChI is InChI=1S/C22H37N5O.HI/c1-3-4-5-6-12-25-22(24-2)26-15-18-9-7-10-19(14-18)16-27-13-8-11-20(17-27)21(23)28;/h7,9-10,14,20H,3-6,8,11-13,15-17H2,1-2H3,(H2,23,28)(H2,24,25,26);1H. The topological polar surface area (TPSA) is 82.8 Å². The zero-order valence-corrected chi connectivity index (χ0v) is 20.3. The normalized spacial score (nSPS) is 17.4. The van der Waals surface area contributed by atoms with Gasteiger partial charge in [-0.1, -0.05) is 50.5 Å². The smallest absolute Gasteiger partial charge is 0.221 e. The van der Waals surface area contributed by atoms with E-state index in [2.05, 4.69) is 51.7 Å². The Morgan fingerprint density at radius 1 is 1.24 bits per heavy atom. The highest BCUT2D eigenvalue weighted by atomic mass is 127. The number of guanidine groups is 1. The van der Waals surface area contributed by atoms with Gasteiger partial charge in [0.25, 0.3) is 0 Å². The third-order valence-electron chi connectivity index (χ3n) is 5.31. The van der Waals surface area contributed by atoms with Crippen LogP contribution in [0.2, 0.25) is 0 Å². The average molecular weight is 515 g/mol. The summed E-state index contributed by atoms with van der Waals surface area (Å²) in [6, 6.07) is 8.61. The first-order valence-corrected chi connectivity index (χ1v) is 10.7. The molecule has 1 aromatic rings. The Morgan fingerprint density at radius 3 is 2.76 bits per heavy atom. The molecule has 1 unspecified atom stereocenters. The first-order valence-electron chi connectivity index (χ1n) is 10.7. The van der Waals surface area contributed by atoms with E-state index in [1.165, 1.54) is 36.8 Å². The molecule has 29 heavy (non-hydrogen) atoms. The van der Waals surface area contributed by atoms with E-state index in [4.69, 9.17) is 5.73 Å². The predicted molar refractivity (Wildman–Crippen MR) is 131 cm³/mol. The molecule has 7 heteroatoms. The largest absolute Gasteiger partial charge is 0.369 e. The number of amides is 1. The summed E-state index contributed by atoms with van der Waals surface area (Å²) in [7, 11) is 1.81. The highest BCUT2D eigenvalue weighted by Crippen LogP contribution is 2.18. The Bertz CT molecular complexity index is 637. The number of unbranched alkanes of at least 4 members (excludes halogenated alkanes) is 3. The summed E-state index contributed by atoms with van der Waals surface area (Å²) in [5.74, 6) is 0.670. The number of nitrogens with two attached hydrogens (primary N) is 1. The van der Waals surface area contributed by atoms with Gasteiger partial charge in [-0.25, -0.2) is 0 Å². The van der Waals surface area contributed by atoms with Gasteiger partial charge in [-0.05, 0) is 36.9 Å². The van der Waals surface area contributed by atoms with Crippen LogP contribution in [-0.2, 0) is 17.9 Å². The molecule has 0 bridgehead atoms. The molecule has 0 aromatic heterocycles. The number of likely N-dealkylation sites (tertiary alicyclic amines) is 1. The lowest BCUT2D eigenvalue weighted by Gasteiger charge is -2.31. The summed E-state index contributed by atoms with van der Waals surface area (Å²) in [4.78, 5) is 18.1. The maximum atomic E-state index is 11.5. The van der Waals surface area contributed by atoms with Gasteiger partial charge in [-0.3, -0.25) is 14.7 Å². The fourth-order valence-electron chi connectivity index (χ4n) is 3.69. The number of piperidine rings is 1. The quantitative estimate of drug-likeness (QED) is 0.193. The van der Waals surface area contributed by atoms with Gasteiger partial charge < -0.3 is 16.4 Å². The molecule has 164 valence electrons. The van der Waals surface area contributed by atoms with E-state index < -0.39 is 0 Å². The summed E-state index contributed by atoms with van der Waals surface area (Å²) in [5.41, 5.74) is 8.00. The molecule has 1 saturated heterocycles. The maximum Gasteiger partial charge on any atom is 0.221 e. The number of aliphatic imine (C=N–C) groups is 1. The van der Waals surface area contributed by atoms with Crippen molar-refractivity contribution >= 4 is 35.8 Å². The van der Waals surface area contributed by atoms with Crippen molar-refractivity contribution in [3.8, 4) is 0 Å². The first kappa shape index (κ1) is 25.7. The molecular weight excluding hydrogens is 477 g/mol. The predicted octanol–water partition coefficient (Wildman–Crippen LogP) is 3.25. The molecule has 1 aliphatic heterocycles. The van der Waals surface area contributed by atoms with Crippen LogP contribution in [0.1, 0.15) is 56.6 Å². The van der Waals surface area contributed by atoms with Crippen LogP contribution in [0.5, 0.6) is 0 Å². The maximum absolute atomic E-state index is 11.5. The summed E-state index contributed by atoms with van der Waals surface area (Å²) in [6.07, 6.45) is 6.93. The number of carbonyl (C=O) groups excluding carboxylic acids is 1. The second-order valence-electron chi connectivity index (χ2n) is 7.71. The number of rotatable bonds is 10. The van der Waals surface area contributed by atoms with Crippen molar-refractivity contribution < 1.29 is 4.79 Å². The molecule has 6 nitrogen and oxygen atoms in total. The van der Waals surface area contributed by atoms with E-state index in [9.17, 15) is 4.79 Å². The van der Waals surface area contributed by atoms with E-state index >= 15 is 0 Å². The molecule has 0 aliphatic carbocycles. The minimum atomic E-state index is -0.170. The van der Waals surface area contributed by atoms with Gasteiger partial charge in [0.1, 0.15) is 0 Å². The van der Waals surface area contributed by atoms with E-state index in [1.807, 2.05) is 7.05 Å². The van der Waals surface area contributed by atoms with Crippen LogP contribution in [0.15, 0.2) is 29.3 Å². The van der Waals surface area contributed by atoms with Gasteiger partial charge >= 0.3 is 0 Å². The monoisotopic (exact) mass is 515 g/mol. The van der Waals surface area contributed by atoms with Gasteiger partial charge in [0.15, 0.2) is 5.96 Å². The van der Waals surface area contributed by atoms with Crippen LogP contribution in [0.4, 0.5) is 0 Å². The van der Waals surface area contributed by atoms with Crippen molar-refractivity contribution in [2.75, 3.05) is 26.7 Å². The summed E-state index contributed by atoms with van der Waals surface area (Å²) >= 11 is 0. The van der Waals surface area contributed by atoms with Gasteiger partial charge in [-0.2, -0.15) is 0 Å². The lowest BCUT2D eigenvalue weighted by Crippen LogP contribution is -2.40. The number of benzene rings is 1. The van der Waals surface area contributed by atoms with E-state index in [1.54, 1.807) is 0 Å². The lowest BCUT2D eigenvalue weighted by atomic mass is 9.97.